The van der Waals surface area contributed by atoms with Gasteiger partial charge in [0.1, 0.15) is 0 Å². The number of carbonyl (C=O) groups excluding carboxylic acids is 2. The van der Waals surface area contributed by atoms with Gasteiger partial charge in [-0.25, -0.2) is 9.78 Å². The highest BCUT2D eigenvalue weighted by Gasteiger charge is 2.13. The van der Waals surface area contributed by atoms with Crippen LogP contribution in [-0.4, -0.2) is 28.6 Å². The number of amides is 2. The lowest BCUT2D eigenvalue weighted by Gasteiger charge is -2.09. The molecular formula is C21H18N4O3S. The van der Waals surface area contributed by atoms with Crippen LogP contribution in [0.15, 0.2) is 48.5 Å². The van der Waals surface area contributed by atoms with E-state index in [0.717, 1.165) is 21.1 Å². The summed E-state index contributed by atoms with van der Waals surface area (Å²) in [5.41, 5.74) is 3.41. The van der Waals surface area contributed by atoms with Crippen molar-refractivity contribution in [3.63, 3.8) is 0 Å². The maximum absolute atomic E-state index is 12.8. The summed E-state index contributed by atoms with van der Waals surface area (Å²) >= 11 is 1.31. The van der Waals surface area contributed by atoms with E-state index in [4.69, 9.17) is 4.74 Å². The van der Waals surface area contributed by atoms with E-state index in [-0.39, 0.29) is 12.5 Å². The Labute approximate surface area is 170 Å². The number of benzene rings is 2. The Kier molecular flexibility index (Phi) is 5.09. The Morgan fingerprint density at radius 3 is 2.69 bits per heavy atom. The average Bonchev–Trinajstić information content (AvgIpc) is 3.08. The number of hydrogen-bond donors (Lipinski definition) is 2. The normalized spacial score (nSPS) is 10.8. The van der Waals surface area contributed by atoms with Crippen molar-refractivity contribution in [3.8, 4) is 0 Å². The smallest absolute Gasteiger partial charge is 0.413 e. The van der Waals surface area contributed by atoms with Gasteiger partial charge in [0.2, 0.25) is 0 Å². The van der Waals surface area contributed by atoms with Crippen molar-refractivity contribution < 1.29 is 14.3 Å². The Morgan fingerprint density at radius 2 is 1.86 bits per heavy atom. The van der Waals surface area contributed by atoms with Gasteiger partial charge in [-0.2, -0.15) is 0 Å². The Bertz CT molecular complexity index is 1240. The van der Waals surface area contributed by atoms with E-state index in [2.05, 4.69) is 20.6 Å². The second-order valence-corrected chi connectivity index (χ2v) is 7.35. The number of carbonyl (C=O) groups is 2. The van der Waals surface area contributed by atoms with Crippen LogP contribution in [-0.2, 0) is 4.74 Å². The summed E-state index contributed by atoms with van der Waals surface area (Å²) in [6.07, 6.45) is -0.542. The molecule has 0 atom stereocenters. The summed E-state index contributed by atoms with van der Waals surface area (Å²) in [4.78, 5) is 33.2. The van der Waals surface area contributed by atoms with Gasteiger partial charge in [0.25, 0.3) is 5.91 Å². The van der Waals surface area contributed by atoms with Crippen LogP contribution in [0.4, 0.5) is 15.6 Å². The zero-order valence-corrected chi connectivity index (χ0v) is 16.7. The molecule has 0 aliphatic heterocycles. The van der Waals surface area contributed by atoms with E-state index < -0.39 is 6.09 Å². The fraction of sp³-hybridized carbons (Fsp3) is 0.143. The number of nitrogens with one attached hydrogen (secondary N) is 2. The second-order valence-electron chi connectivity index (χ2n) is 6.32. The van der Waals surface area contributed by atoms with Crippen LogP contribution in [0.5, 0.6) is 0 Å². The largest absolute Gasteiger partial charge is 0.450 e. The molecule has 0 radical (unpaired) electrons. The van der Waals surface area contributed by atoms with Crippen molar-refractivity contribution in [2.45, 2.75) is 13.8 Å². The molecule has 0 fully saturated rings. The third kappa shape index (κ3) is 4.02. The van der Waals surface area contributed by atoms with Crippen LogP contribution in [0.3, 0.4) is 0 Å². The van der Waals surface area contributed by atoms with Gasteiger partial charge in [-0.1, -0.05) is 29.5 Å². The third-order valence-corrected chi connectivity index (χ3v) is 5.22. The van der Waals surface area contributed by atoms with Gasteiger partial charge in [0.15, 0.2) is 5.13 Å². The highest BCUT2D eigenvalue weighted by atomic mass is 32.1. The summed E-state index contributed by atoms with van der Waals surface area (Å²) in [5, 5.41) is 6.86. The molecule has 2 aromatic carbocycles. The minimum absolute atomic E-state index is 0.227. The predicted molar refractivity (Wildman–Crippen MR) is 115 cm³/mol. The van der Waals surface area contributed by atoms with E-state index in [1.54, 1.807) is 19.1 Å². The van der Waals surface area contributed by atoms with Gasteiger partial charge in [-0.3, -0.25) is 15.1 Å². The number of aryl methyl sites for hydroxylation is 1. The molecule has 0 unspecified atom stereocenters. The number of aromatic nitrogens is 2. The lowest BCUT2D eigenvalue weighted by Crippen LogP contribution is -2.14. The molecule has 0 saturated carbocycles. The fourth-order valence-electron chi connectivity index (χ4n) is 2.95. The highest BCUT2D eigenvalue weighted by molar-refractivity contribution is 7.22. The minimum atomic E-state index is -0.542. The molecule has 4 rings (SSSR count). The first kappa shape index (κ1) is 18.8. The number of rotatable bonds is 4. The lowest BCUT2D eigenvalue weighted by molar-refractivity contribution is 0.102. The molecule has 8 heteroatoms. The van der Waals surface area contributed by atoms with E-state index in [0.29, 0.717) is 22.1 Å². The number of hydrogen-bond acceptors (Lipinski definition) is 6. The number of thiazole rings is 1. The summed E-state index contributed by atoms with van der Waals surface area (Å²) in [6.45, 7) is 3.84. The maximum atomic E-state index is 12.8. The van der Waals surface area contributed by atoms with Crippen molar-refractivity contribution in [1.82, 2.24) is 9.97 Å². The Morgan fingerprint density at radius 1 is 1.03 bits per heavy atom. The highest BCUT2D eigenvalue weighted by Crippen LogP contribution is 2.29. The van der Waals surface area contributed by atoms with Gasteiger partial charge in [-0.05, 0) is 44.2 Å². The van der Waals surface area contributed by atoms with Crippen LogP contribution < -0.4 is 10.6 Å². The number of fused-ring (bicyclic) bond motifs is 2. The molecule has 2 amide bonds. The van der Waals surface area contributed by atoms with Crippen molar-refractivity contribution in [2.24, 2.45) is 0 Å². The first-order valence-corrected chi connectivity index (χ1v) is 9.87. The number of nitrogens with zero attached hydrogens (tertiary/aromatic N) is 2. The van der Waals surface area contributed by atoms with E-state index >= 15 is 0 Å². The second kappa shape index (κ2) is 7.84. The number of anilines is 2. The molecule has 2 aromatic heterocycles. The molecule has 0 bridgehead atoms. The molecule has 7 nitrogen and oxygen atoms in total. The van der Waals surface area contributed by atoms with Crippen LogP contribution in [0.25, 0.3) is 21.1 Å². The molecule has 0 aliphatic rings. The minimum Gasteiger partial charge on any atom is -0.450 e. The molecular weight excluding hydrogens is 388 g/mol. The predicted octanol–water partition coefficient (Wildman–Crippen LogP) is 4.97. The summed E-state index contributed by atoms with van der Waals surface area (Å²) in [5.74, 6) is -0.227. The van der Waals surface area contributed by atoms with E-state index in [9.17, 15) is 9.59 Å². The van der Waals surface area contributed by atoms with E-state index in [1.165, 1.54) is 11.3 Å². The Hall–Kier alpha value is -3.52. The molecule has 2 heterocycles. The van der Waals surface area contributed by atoms with Crippen LogP contribution in [0.2, 0.25) is 0 Å². The van der Waals surface area contributed by atoms with Crippen molar-refractivity contribution in [3.05, 3.63) is 59.8 Å². The molecule has 146 valence electrons. The molecule has 4 aromatic rings. The summed E-state index contributed by atoms with van der Waals surface area (Å²) in [7, 11) is 0. The zero-order chi connectivity index (χ0) is 20.4. The molecule has 0 saturated heterocycles. The Balaban J connectivity index is 1.56. The average molecular weight is 406 g/mol. The standard InChI is InChI=1S/C21H18N4O3S/c1-3-28-21(27)25-20-24-17-9-8-14(11-18(17)29-20)23-19(26)15-10-13-6-4-5-7-16(13)22-12(15)2/h4-11H,3H2,1-2H3,(H,23,26)(H,24,25,27). The molecule has 0 spiro atoms. The first-order chi connectivity index (χ1) is 14.0. The lowest BCUT2D eigenvalue weighted by atomic mass is 10.1. The maximum Gasteiger partial charge on any atom is 0.413 e. The van der Waals surface area contributed by atoms with Crippen LogP contribution in [0, 0.1) is 6.92 Å². The SMILES string of the molecule is CCOC(=O)Nc1nc2ccc(NC(=O)c3cc4ccccc4nc3C)cc2s1. The molecule has 29 heavy (non-hydrogen) atoms. The van der Waals surface area contributed by atoms with Crippen molar-refractivity contribution in [1.29, 1.82) is 0 Å². The monoisotopic (exact) mass is 406 g/mol. The first-order valence-electron chi connectivity index (χ1n) is 9.05. The third-order valence-electron chi connectivity index (χ3n) is 4.29. The van der Waals surface area contributed by atoms with Crippen molar-refractivity contribution >= 4 is 55.3 Å². The van der Waals surface area contributed by atoms with Crippen LogP contribution >= 0.6 is 11.3 Å². The number of para-hydroxylation sites is 1. The fourth-order valence-corrected chi connectivity index (χ4v) is 3.84. The zero-order valence-electron chi connectivity index (χ0n) is 15.9. The topological polar surface area (TPSA) is 93.2 Å². The van der Waals surface area contributed by atoms with Crippen molar-refractivity contribution in [2.75, 3.05) is 17.2 Å². The van der Waals surface area contributed by atoms with Gasteiger partial charge < -0.3 is 10.1 Å². The summed E-state index contributed by atoms with van der Waals surface area (Å²) < 4.78 is 5.70. The molecule has 2 N–H and O–H groups in total. The van der Waals surface area contributed by atoms with Gasteiger partial charge in [0.05, 0.1) is 33.6 Å². The number of pyridine rings is 1. The van der Waals surface area contributed by atoms with Gasteiger partial charge in [0, 0.05) is 11.1 Å². The number of ether oxygens (including phenoxy) is 1. The van der Waals surface area contributed by atoms with Crippen LogP contribution in [0.1, 0.15) is 23.0 Å². The quantitative estimate of drug-likeness (QED) is 0.499. The summed E-state index contributed by atoms with van der Waals surface area (Å²) in [6, 6.07) is 14.9. The van der Waals surface area contributed by atoms with Gasteiger partial charge >= 0.3 is 6.09 Å². The van der Waals surface area contributed by atoms with E-state index in [1.807, 2.05) is 43.3 Å². The van der Waals surface area contributed by atoms with Gasteiger partial charge in [-0.15, -0.1) is 0 Å². The molecule has 0 aliphatic carbocycles.